The van der Waals surface area contributed by atoms with Gasteiger partial charge in [-0.1, -0.05) is 32.0 Å². The molecule has 0 aliphatic carbocycles. The van der Waals surface area contributed by atoms with E-state index in [1.807, 2.05) is 37.3 Å². The maximum atomic E-state index is 12.0. The molecule has 0 aliphatic heterocycles. The molecule has 0 radical (unpaired) electrons. The van der Waals surface area contributed by atoms with Gasteiger partial charge >= 0.3 is 0 Å². The number of nitrogens with two attached hydrogens (primary N) is 1. The fourth-order valence-corrected chi connectivity index (χ4v) is 2.07. The highest BCUT2D eigenvalue weighted by Crippen LogP contribution is 2.21. The van der Waals surface area contributed by atoms with Crippen LogP contribution in [0.25, 0.3) is 0 Å². The van der Waals surface area contributed by atoms with Gasteiger partial charge in [0.25, 0.3) is 5.91 Å². The number of rotatable bonds is 5. The van der Waals surface area contributed by atoms with Crippen LogP contribution < -0.4 is 15.8 Å². The molecule has 0 aliphatic rings. The molecule has 0 spiro atoms. The van der Waals surface area contributed by atoms with Gasteiger partial charge in [0.2, 0.25) is 0 Å². The molecule has 0 heterocycles. The van der Waals surface area contributed by atoms with Crippen LogP contribution in [0.3, 0.4) is 0 Å². The number of carbonyl (C=O) groups excluding carboxylic acids is 1. The third-order valence-corrected chi connectivity index (χ3v) is 3.43. The monoisotopic (exact) mass is 334 g/mol. The fraction of sp³-hybridized carbons (Fsp3) is 0.278. The van der Waals surface area contributed by atoms with Gasteiger partial charge in [-0.2, -0.15) is 0 Å². The number of anilines is 2. The van der Waals surface area contributed by atoms with Crippen molar-refractivity contribution in [1.82, 2.24) is 0 Å². The number of aryl methyl sites for hydroxylation is 1. The van der Waals surface area contributed by atoms with Gasteiger partial charge in [-0.15, -0.1) is 12.4 Å². The molecule has 1 amide bonds. The molecule has 0 bridgehead atoms. The summed E-state index contributed by atoms with van der Waals surface area (Å²) in [5, 5.41) is 2.81. The average molecular weight is 335 g/mol. The van der Waals surface area contributed by atoms with E-state index in [0.29, 0.717) is 23.0 Å². The Balaban J connectivity index is 0.00000264. The highest BCUT2D eigenvalue weighted by atomic mass is 35.5. The first-order chi connectivity index (χ1) is 10.5. The van der Waals surface area contributed by atoms with E-state index in [9.17, 15) is 4.79 Å². The molecule has 0 saturated carbocycles. The highest BCUT2D eigenvalue weighted by Gasteiger charge is 2.07. The first-order valence-corrected chi connectivity index (χ1v) is 7.34. The van der Waals surface area contributed by atoms with Gasteiger partial charge in [0.05, 0.1) is 0 Å². The van der Waals surface area contributed by atoms with Crippen molar-refractivity contribution < 1.29 is 9.53 Å². The Morgan fingerprint density at radius 2 is 1.96 bits per heavy atom. The summed E-state index contributed by atoms with van der Waals surface area (Å²) in [4.78, 5) is 12.0. The second-order valence-corrected chi connectivity index (χ2v) is 5.64. The molecule has 23 heavy (non-hydrogen) atoms. The lowest BCUT2D eigenvalue weighted by molar-refractivity contribution is -0.118. The fourth-order valence-electron chi connectivity index (χ4n) is 2.07. The highest BCUT2D eigenvalue weighted by molar-refractivity contribution is 5.93. The van der Waals surface area contributed by atoms with Crippen LogP contribution in [0.2, 0.25) is 0 Å². The molecular formula is C18H23ClN2O2. The van der Waals surface area contributed by atoms with Crippen LogP contribution in [-0.2, 0) is 4.79 Å². The van der Waals surface area contributed by atoms with Crippen LogP contribution in [0.5, 0.6) is 5.75 Å². The number of carbonyl (C=O) groups is 1. The normalized spacial score (nSPS) is 10.1. The number of benzene rings is 2. The Morgan fingerprint density at radius 1 is 1.22 bits per heavy atom. The summed E-state index contributed by atoms with van der Waals surface area (Å²) >= 11 is 0. The lowest BCUT2D eigenvalue weighted by Crippen LogP contribution is -2.20. The minimum atomic E-state index is -0.205. The average Bonchev–Trinajstić information content (AvgIpc) is 2.49. The number of hydrogen-bond donors (Lipinski definition) is 2. The number of nitrogen functional groups attached to an aromatic ring is 1. The van der Waals surface area contributed by atoms with E-state index in [1.165, 1.54) is 5.56 Å². The van der Waals surface area contributed by atoms with Crippen molar-refractivity contribution in [2.24, 2.45) is 0 Å². The summed E-state index contributed by atoms with van der Waals surface area (Å²) in [5.74, 6) is 0.918. The molecule has 0 unspecified atom stereocenters. The van der Waals surface area contributed by atoms with Crippen molar-refractivity contribution in [2.45, 2.75) is 26.7 Å². The number of ether oxygens (including phenoxy) is 1. The second-order valence-electron chi connectivity index (χ2n) is 5.64. The predicted molar refractivity (Wildman–Crippen MR) is 97.5 cm³/mol. The zero-order valence-corrected chi connectivity index (χ0v) is 14.4. The molecule has 3 N–H and O–H groups in total. The molecule has 0 fully saturated rings. The van der Waals surface area contributed by atoms with Crippen molar-refractivity contribution in [1.29, 1.82) is 0 Å². The molecule has 2 aromatic rings. The van der Waals surface area contributed by atoms with E-state index in [4.69, 9.17) is 10.5 Å². The minimum Gasteiger partial charge on any atom is -0.484 e. The third kappa shape index (κ3) is 5.49. The van der Waals surface area contributed by atoms with Gasteiger partial charge in [-0.05, 0) is 48.2 Å². The van der Waals surface area contributed by atoms with Crippen LogP contribution in [0.1, 0.15) is 30.9 Å². The lowest BCUT2D eigenvalue weighted by atomic mass is 10.0. The SMILES string of the molecule is Cc1ccc(N)cc1NC(=O)COc1cccc(C(C)C)c1.Cl. The molecule has 4 nitrogen and oxygen atoms in total. The smallest absolute Gasteiger partial charge is 0.262 e. The van der Waals surface area contributed by atoms with Crippen LogP contribution in [0.4, 0.5) is 11.4 Å². The van der Waals surface area contributed by atoms with Crippen molar-refractivity contribution in [3.63, 3.8) is 0 Å². The molecule has 0 saturated heterocycles. The predicted octanol–water partition coefficient (Wildman–Crippen LogP) is 4.14. The number of amides is 1. The van der Waals surface area contributed by atoms with Crippen molar-refractivity contribution in [2.75, 3.05) is 17.7 Å². The molecular weight excluding hydrogens is 312 g/mol. The minimum absolute atomic E-state index is 0. The molecule has 5 heteroatoms. The maximum absolute atomic E-state index is 12.0. The van der Waals surface area contributed by atoms with Crippen LogP contribution in [-0.4, -0.2) is 12.5 Å². The Labute approximate surface area is 143 Å². The topological polar surface area (TPSA) is 64.3 Å². The maximum Gasteiger partial charge on any atom is 0.262 e. The van der Waals surface area contributed by atoms with Gasteiger partial charge in [-0.3, -0.25) is 4.79 Å². The van der Waals surface area contributed by atoms with Gasteiger partial charge in [0, 0.05) is 11.4 Å². The Hall–Kier alpha value is -2.20. The van der Waals surface area contributed by atoms with Crippen LogP contribution >= 0.6 is 12.4 Å². The number of nitrogens with one attached hydrogen (secondary N) is 1. The summed E-state index contributed by atoms with van der Waals surface area (Å²) in [7, 11) is 0. The standard InChI is InChI=1S/C18H22N2O2.ClH/c1-12(2)14-5-4-6-16(9-14)22-11-18(21)20-17-10-15(19)8-7-13(17)3;/h4-10,12H,11,19H2,1-3H3,(H,20,21);1H. The Morgan fingerprint density at radius 3 is 2.65 bits per heavy atom. The van der Waals surface area contributed by atoms with Crippen molar-refractivity contribution in [3.8, 4) is 5.75 Å². The van der Waals surface area contributed by atoms with E-state index in [0.717, 1.165) is 5.56 Å². The van der Waals surface area contributed by atoms with Crippen molar-refractivity contribution in [3.05, 3.63) is 53.6 Å². The Bertz CT molecular complexity index is 672. The zero-order valence-electron chi connectivity index (χ0n) is 13.6. The van der Waals surface area contributed by atoms with E-state index in [1.54, 1.807) is 12.1 Å². The first-order valence-electron chi connectivity index (χ1n) is 7.34. The van der Waals surface area contributed by atoms with Gasteiger partial charge in [-0.25, -0.2) is 0 Å². The van der Waals surface area contributed by atoms with E-state index < -0.39 is 0 Å². The third-order valence-electron chi connectivity index (χ3n) is 3.43. The molecule has 0 aromatic heterocycles. The van der Waals surface area contributed by atoms with Crippen LogP contribution in [0.15, 0.2) is 42.5 Å². The van der Waals surface area contributed by atoms with Gasteiger partial charge in [0.15, 0.2) is 6.61 Å². The van der Waals surface area contributed by atoms with E-state index in [-0.39, 0.29) is 24.9 Å². The number of hydrogen-bond acceptors (Lipinski definition) is 3. The molecule has 124 valence electrons. The number of halogens is 1. The molecule has 2 rings (SSSR count). The lowest BCUT2D eigenvalue weighted by Gasteiger charge is -2.11. The van der Waals surface area contributed by atoms with Gasteiger partial charge < -0.3 is 15.8 Å². The molecule has 0 atom stereocenters. The van der Waals surface area contributed by atoms with Gasteiger partial charge in [0.1, 0.15) is 5.75 Å². The largest absolute Gasteiger partial charge is 0.484 e. The Kier molecular flexibility index (Phi) is 6.91. The summed E-state index contributed by atoms with van der Waals surface area (Å²) in [6.07, 6.45) is 0. The second kappa shape index (κ2) is 8.44. The van der Waals surface area contributed by atoms with Crippen molar-refractivity contribution >= 4 is 29.7 Å². The summed E-state index contributed by atoms with van der Waals surface area (Å²) in [5.41, 5.74) is 9.21. The molecule has 2 aromatic carbocycles. The van der Waals surface area contributed by atoms with E-state index >= 15 is 0 Å². The zero-order chi connectivity index (χ0) is 16.1. The van der Waals surface area contributed by atoms with E-state index in [2.05, 4.69) is 19.2 Å². The quantitative estimate of drug-likeness (QED) is 0.808. The van der Waals surface area contributed by atoms with Crippen LogP contribution in [0, 0.1) is 6.92 Å². The summed E-state index contributed by atoms with van der Waals surface area (Å²) in [6, 6.07) is 13.2. The first kappa shape index (κ1) is 18.8. The summed E-state index contributed by atoms with van der Waals surface area (Å²) < 4.78 is 5.56. The summed E-state index contributed by atoms with van der Waals surface area (Å²) in [6.45, 7) is 6.13.